The number of fused-ring (bicyclic) bond motifs is 6. The van der Waals surface area contributed by atoms with Crippen molar-refractivity contribution in [2.24, 2.45) is 47.3 Å². The van der Waals surface area contributed by atoms with Crippen LogP contribution >= 0.6 is 35.6 Å². The van der Waals surface area contributed by atoms with Gasteiger partial charge in [0.25, 0.3) is 0 Å². The predicted molar refractivity (Wildman–Crippen MR) is 260 cm³/mol. The lowest BCUT2D eigenvalue weighted by atomic mass is 9.75. The number of carbonyl (C=O) groups excluding carboxylic acids is 6. The summed E-state index contributed by atoms with van der Waals surface area (Å²) < 4.78 is 12.4. The van der Waals surface area contributed by atoms with E-state index < -0.39 is 71.5 Å². The van der Waals surface area contributed by atoms with Crippen molar-refractivity contribution in [3.63, 3.8) is 0 Å². The van der Waals surface area contributed by atoms with Crippen LogP contribution in [0.3, 0.4) is 0 Å². The normalized spacial score (nSPS) is 25.6. The Morgan fingerprint density at radius 1 is 0.574 bits per heavy atom. The number of para-hydroxylation sites is 2. The van der Waals surface area contributed by atoms with Crippen LogP contribution in [0.2, 0.25) is 10.3 Å². The Labute approximate surface area is 412 Å². The van der Waals surface area contributed by atoms with Crippen molar-refractivity contribution in [3.8, 4) is 0 Å². The van der Waals surface area contributed by atoms with E-state index in [0.717, 1.165) is 38.8 Å². The molecule has 2 aromatic heterocycles. The molecule has 4 aromatic rings. The van der Waals surface area contributed by atoms with Gasteiger partial charge in [0, 0.05) is 35.7 Å². The molecule has 4 saturated carbocycles. The fraction of sp³-hybridized carbons (Fsp3) is 0.520. The van der Waals surface area contributed by atoms with Crippen molar-refractivity contribution in [2.45, 2.75) is 63.6 Å². The number of amides is 4. The zero-order valence-electron chi connectivity index (χ0n) is 38.8. The molecule has 0 spiro atoms. The molecule has 4 aliphatic rings. The number of halogens is 3. The number of aromatic nitrogens is 2. The van der Waals surface area contributed by atoms with Crippen LogP contribution in [0.25, 0.3) is 21.8 Å². The summed E-state index contributed by atoms with van der Waals surface area (Å²) in [5, 5.41) is 10.1. The molecular weight excluding hydrogens is 933 g/mol. The summed E-state index contributed by atoms with van der Waals surface area (Å²) in [6, 6.07) is 17.1. The van der Waals surface area contributed by atoms with Crippen LogP contribution in [0.5, 0.6) is 0 Å². The van der Waals surface area contributed by atoms with Crippen LogP contribution in [-0.4, -0.2) is 122 Å². The van der Waals surface area contributed by atoms with E-state index >= 15 is 0 Å². The van der Waals surface area contributed by atoms with Crippen molar-refractivity contribution >= 4 is 93.0 Å². The van der Waals surface area contributed by atoms with E-state index in [9.17, 15) is 28.8 Å². The van der Waals surface area contributed by atoms with Crippen molar-refractivity contribution in [3.05, 3.63) is 82.1 Å². The molecule has 10 atom stereocenters. The third-order valence-corrected chi connectivity index (χ3v) is 14.7. The van der Waals surface area contributed by atoms with Crippen molar-refractivity contribution < 1.29 is 38.2 Å². The van der Waals surface area contributed by atoms with E-state index in [-0.39, 0.29) is 57.5 Å². The standard InChI is InChI=1S/C50H59Cl2N7O8.ClH/c1-58(2)19-11-9-17-53-45(60)41-27-21-33(37(23-27)66-49(64)31-25-39(51)55-35-15-7-5-13-29(31)35)43(41)47(62)57-48(63)44-34-22-28(42(44)46(61)54-18-10-12-20-59(3)4)24-38(34)67-50(65)32-26-40(52)56-36-16-8-6-14-30(32)36;/h5-8,13-16,25-28,33-34,37-38,41-44H,9-12,17-24H2,1-4H3,(H,53,60)(H,54,61)(H,57,62,63);1H. The second-order valence-electron chi connectivity index (χ2n) is 19.3. The third-order valence-electron chi connectivity index (χ3n) is 14.3. The monoisotopic (exact) mass is 991 g/mol. The summed E-state index contributed by atoms with van der Waals surface area (Å²) in [6.07, 6.45) is 3.33. The first-order chi connectivity index (χ1) is 32.2. The molecule has 364 valence electrons. The van der Waals surface area contributed by atoms with Gasteiger partial charge in [-0.1, -0.05) is 59.6 Å². The molecule has 8 rings (SSSR count). The summed E-state index contributed by atoms with van der Waals surface area (Å²) in [4.78, 5) is 98.3. The third kappa shape index (κ3) is 11.1. The van der Waals surface area contributed by atoms with Crippen LogP contribution in [0.4, 0.5) is 0 Å². The molecule has 2 aromatic carbocycles. The SMILES string of the molecule is CN(C)CCCCNC(=O)C1C2CC(OC(=O)c3cc(Cl)nc4ccccc34)C(C2)C1C(=O)NC(=O)C1C2CC(CC2OC(=O)c2cc(Cl)nc3ccccc23)C1C(=O)NCCCCN(C)C.Cl. The lowest BCUT2D eigenvalue weighted by molar-refractivity contribution is -0.147. The van der Waals surface area contributed by atoms with Gasteiger partial charge in [-0.25, -0.2) is 19.6 Å². The number of nitrogens with one attached hydrogen (secondary N) is 3. The molecule has 18 heteroatoms. The minimum atomic E-state index is -1.01. The maximum Gasteiger partial charge on any atom is 0.339 e. The van der Waals surface area contributed by atoms with Gasteiger partial charge in [0.05, 0.1) is 45.8 Å². The fourth-order valence-corrected chi connectivity index (χ4v) is 11.8. The highest BCUT2D eigenvalue weighted by Crippen LogP contribution is 2.56. The second-order valence-corrected chi connectivity index (χ2v) is 20.0. The Morgan fingerprint density at radius 2 is 0.971 bits per heavy atom. The van der Waals surface area contributed by atoms with Crippen LogP contribution in [0.15, 0.2) is 60.7 Å². The van der Waals surface area contributed by atoms with Crippen LogP contribution in [-0.2, 0) is 28.7 Å². The summed E-state index contributed by atoms with van der Waals surface area (Å²) in [7, 11) is 7.94. The minimum absolute atomic E-state index is 0. The molecule has 4 bridgehead atoms. The molecule has 2 heterocycles. The second kappa shape index (κ2) is 22.2. The average molecular weight is 993 g/mol. The van der Waals surface area contributed by atoms with Gasteiger partial charge < -0.3 is 29.9 Å². The molecule has 10 unspecified atom stereocenters. The first kappa shape index (κ1) is 50.9. The molecule has 4 amide bonds. The number of nitrogens with zero attached hydrogens (tertiary/aromatic N) is 4. The number of esters is 2. The summed E-state index contributed by atoms with van der Waals surface area (Å²) in [6.45, 7) is 2.55. The van der Waals surface area contributed by atoms with Crippen molar-refractivity contribution in [1.29, 1.82) is 0 Å². The smallest absolute Gasteiger partial charge is 0.339 e. The molecule has 68 heavy (non-hydrogen) atoms. The Kier molecular flexibility index (Phi) is 16.6. The van der Waals surface area contributed by atoms with E-state index in [1.54, 1.807) is 48.5 Å². The number of rotatable bonds is 18. The summed E-state index contributed by atoms with van der Waals surface area (Å²) in [5.74, 6) is -8.52. The molecule has 0 radical (unpaired) electrons. The van der Waals surface area contributed by atoms with Gasteiger partial charge in [-0.15, -0.1) is 12.4 Å². The first-order valence-electron chi connectivity index (χ1n) is 23.4. The molecule has 15 nitrogen and oxygen atoms in total. The predicted octanol–water partition coefficient (Wildman–Crippen LogP) is 6.37. The Balaban J connectivity index is 0.00000684. The number of unbranched alkanes of at least 4 members (excludes halogenated alkanes) is 2. The number of ether oxygens (including phenoxy) is 2. The maximum absolute atomic E-state index is 14.8. The highest BCUT2D eigenvalue weighted by atomic mass is 35.5. The summed E-state index contributed by atoms with van der Waals surface area (Å²) in [5.41, 5.74) is 1.51. The number of pyridine rings is 2. The van der Waals surface area contributed by atoms with Gasteiger partial charge in [-0.05, 0) is 129 Å². The van der Waals surface area contributed by atoms with Gasteiger partial charge in [-0.3, -0.25) is 24.5 Å². The van der Waals surface area contributed by atoms with Gasteiger partial charge in [0.2, 0.25) is 23.6 Å². The molecule has 0 aliphatic heterocycles. The molecule has 3 N–H and O–H groups in total. The Hall–Kier alpha value is -4.93. The molecule has 4 aliphatic carbocycles. The van der Waals surface area contributed by atoms with Crippen LogP contribution in [0, 0.1) is 47.3 Å². The highest BCUT2D eigenvalue weighted by Gasteiger charge is 2.62. The number of hydrogen-bond acceptors (Lipinski definition) is 12. The molecular formula is C50H60Cl3N7O8. The van der Waals surface area contributed by atoms with Gasteiger partial charge in [0.15, 0.2) is 0 Å². The fourth-order valence-electron chi connectivity index (χ4n) is 11.4. The van der Waals surface area contributed by atoms with E-state index in [1.807, 2.05) is 28.2 Å². The van der Waals surface area contributed by atoms with Crippen LogP contribution < -0.4 is 16.0 Å². The number of benzene rings is 2. The average Bonchev–Trinajstić information content (AvgIpc) is 4.08. The van der Waals surface area contributed by atoms with Gasteiger partial charge in [0.1, 0.15) is 22.5 Å². The molecule has 4 fully saturated rings. The number of imide groups is 1. The lowest BCUT2D eigenvalue weighted by Crippen LogP contribution is -2.53. The topological polar surface area (TPSA) is 189 Å². The highest BCUT2D eigenvalue weighted by molar-refractivity contribution is 6.31. The summed E-state index contributed by atoms with van der Waals surface area (Å²) >= 11 is 12.7. The van der Waals surface area contributed by atoms with E-state index in [2.05, 4.69) is 35.7 Å². The Morgan fingerprint density at radius 3 is 1.37 bits per heavy atom. The van der Waals surface area contributed by atoms with Crippen molar-refractivity contribution in [1.82, 2.24) is 35.7 Å². The number of hydrogen-bond donors (Lipinski definition) is 3. The Bertz CT molecular complexity index is 2370. The van der Waals surface area contributed by atoms with Gasteiger partial charge in [-0.2, -0.15) is 0 Å². The lowest BCUT2D eigenvalue weighted by Gasteiger charge is -2.36. The van der Waals surface area contributed by atoms with E-state index in [1.165, 1.54) is 12.1 Å². The molecule has 0 saturated heterocycles. The zero-order valence-corrected chi connectivity index (χ0v) is 41.1. The van der Waals surface area contributed by atoms with E-state index in [0.29, 0.717) is 60.6 Å². The van der Waals surface area contributed by atoms with E-state index in [4.69, 9.17) is 32.7 Å². The zero-order chi connectivity index (χ0) is 47.5. The number of carbonyl (C=O) groups is 6. The maximum atomic E-state index is 14.8. The van der Waals surface area contributed by atoms with Gasteiger partial charge >= 0.3 is 11.9 Å². The first-order valence-corrected chi connectivity index (χ1v) is 24.2. The minimum Gasteiger partial charge on any atom is -0.458 e. The van der Waals surface area contributed by atoms with Crippen LogP contribution in [0.1, 0.15) is 72.1 Å². The largest absolute Gasteiger partial charge is 0.458 e. The van der Waals surface area contributed by atoms with Crippen molar-refractivity contribution in [2.75, 3.05) is 54.4 Å². The quantitative estimate of drug-likeness (QED) is 0.0434.